The van der Waals surface area contributed by atoms with Gasteiger partial charge in [-0.15, -0.1) is 0 Å². The van der Waals surface area contributed by atoms with Gasteiger partial charge in [0.2, 0.25) is 11.8 Å². The van der Waals surface area contributed by atoms with Crippen LogP contribution >= 0.6 is 0 Å². The average molecular weight is 367 g/mol. The number of nitrogens with one attached hydrogen (secondary N) is 1. The van der Waals surface area contributed by atoms with Crippen LogP contribution in [0.3, 0.4) is 0 Å². The fourth-order valence-corrected chi connectivity index (χ4v) is 3.84. The lowest BCUT2D eigenvalue weighted by Gasteiger charge is -2.28. The number of benzene rings is 1. The fraction of sp³-hybridized carbons (Fsp3) is 0.429. The van der Waals surface area contributed by atoms with Crippen LogP contribution in [-0.2, 0) is 16.1 Å². The van der Waals surface area contributed by atoms with Gasteiger partial charge in [0.25, 0.3) is 0 Å². The van der Waals surface area contributed by atoms with Gasteiger partial charge < -0.3 is 19.5 Å². The number of furan rings is 1. The van der Waals surface area contributed by atoms with Crippen LogP contribution in [0.15, 0.2) is 47.1 Å². The second-order valence-corrected chi connectivity index (χ2v) is 7.34. The Morgan fingerprint density at radius 2 is 1.89 bits per heavy atom. The minimum absolute atomic E-state index is 0.00741. The van der Waals surface area contributed by atoms with Crippen LogP contribution in [0.2, 0.25) is 0 Å². The molecule has 2 aliphatic rings. The van der Waals surface area contributed by atoms with Gasteiger partial charge in [0.05, 0.1) is 18.7 Å². The van der Waals surface area contributed by atoms with E-state index in [1.54, 1.807) is 17.2 Å². The van der Waals surface area contributed by atoms with Crippen molar-refractivity contribution in [2.45, 2.75) is 32.2 Å². The number of hydrogen-bond acceptors (Lipinski definition) is 4. The molecule has 1 aromatic heterocycles. The summed E-state index contributed by atoms with van der Waals surface area (Å²) in [6.07, 6.45) is 5.62. The first-order valence-electron chi connectivity index (χ1n) is 9.65. The fourth-order valence-electron chi connectivity index (χ4n) is 3.84. The van der Waals surface area contributed by atoms with Crippen LogP contribution in [0, 0.1) is 5.92 Å². The molecule has 0 bridgehead atoms. The van der Waals surface area contributed by atoms with Crippen molar-refractivity contribution in [2.75, 3.05) is 29.9 Å². The number of carbonyl (C=O) groups is 2. The van der Waals surface area contributed by atoms with Gasteiger partial charge >= 0.3 is 0 Å². The summed E-state index contributed by atoms with van der Waals surface area (Å²) in [6.45, 7) is 3.04. The van der Waals surface area contributed by atoms with E-state index in [4.69, 9.17) is 4.42 Å². The maximum Gasteiger partial charge on any atom is 0.229 e. The summed E-state index contributed by atoms with van der Waals surface area (Å²) in [5.41, 5.74) is 1.98. The van der Waals surface area contributed by atoms with E-state index in [1.807, 2.05) is 18.2 Å². The molecular formula is C21H25N3O3. The predicted octanol–water partition coefficient (Wildman–Crippen LogP) is 3.26. The third-order valence-electron chi connectivity index (χ3n) is 5.37. The molecule has 4 rings (SSSR count). The minimum Gasteiger partial charge on any atom is -0.467 e. The van der Waals surface area contributed by atoms with E-state index in [-0.39, 0.29) is 24.2 Å². The average Bonchev–Trinajstić information content (AvgIpc) is 3.34. The zero-order chi connectivity index (χ0) is 18.6. The number of amides is 2. The molecule has 2 aromatic rings. The summed E-state index contributed by atoms with van der Waals surface area (Å²) in [4.78, 5) is 28.8. The van der Waals surface area contributed by atoms with Crippen molar-refractivity contribution in [1.82, 2.24) is 4.90 Å². The lowest BCUT2D eigenvalue weighted by atomic mass is 10.1. The number of nitrogens with zero attached hydrogens (tertiary/aromatic N) is 2. The Bertz CT molecular complexity index is 780. The van der Waals surface area contributed by atoms with Crippen molar-refractivity contribution in [3.05, 3.63) is 48.4 Å². The first-order valence-corrected chi connectivity index (χ1v) is 9.65. The molecule has 0 aliphatic carbocycles. The van der Waals surface area contributed by atoms with Crippen LogP contribution in [0.4, 0.5) is 11.4 Å². The molecule has 2 fully saturated rings. The summed E-state index contributed by atoms with van der Waals surface area (Å²) in [5, 5.41) is 2.95. The summed E-state index contributed by atoms with van der Waals surface area (Å²) in [7, 11) is 0. The maximum atomic E-state index is 12.6. The van der Waals surface area contributed by atoms with Crippen LogP contribution in [0.1, 0.15) is 31.4 Å². The number of rotatable bonds is 5. The molecule has 3 heterocycles. The third kappa shape index (κ3) is 4.15. The number of likely N-dealkylation sites (tertiary alicyclic amines) is 1. The monoisotopic (exact) mass is 367 g/mol. The largest absolute Gasteiger partial charge is 0.467 e. The van der Waals surface area contributed by atoms with Gasteiger partial charge in [-0.05, 0) is 55.7 Å². The Hall–Kier alpha value is -2.76. The molecule has 2 saturated heterocycles. The molecule has 6 nitrogen and oxygen atoms in total. The molecule has 1 atom stereocenters. The molecular weight excluding hydrogens is 342 g/mol. The van der Waals surface area contributed by atoms with Crippen LogP contribution in [0.25, 0.3) is 0 Å². The topological polar surface area (TPSA) is 65.8 Å². The number of carbonyl (C=O) groups excluding carboxylic acids is 2. The molecule has 27 heavy (non-hydrogen) atoms. The quantitative estimate of drug-likeness (QED) is 0.881. The molecule has 0 saturated carbocycles. The van der Waals surface area contributed by atoms with E-state index >= 15 is 0 Å². The van der Waals surface area contributed by atoms with Gasteiger partial charge in [0, 0.05) is 37.4 Å². The van der Waals surface area contributed by atoms with Crippen molar-refractivity contribution < 1.29 is 14.0 Å². The second-order valence-electron chi connectivity index (χ2n) is 7.34. The molecule has 1 aromatic carbocycles. The molecule has 142 valence electrons. The van der Waals surface area contributed by atoms with Crippen LogP contribution in [0.5, 0.6) is 0 Å². The highest BCUT2D eigenvalue weighted by molar-refractivity contribution is 5.97. The molecule has 2 amide bonds. The molecule has 0 unspecified atom stereocenters. The van der Waals surface area contributed by atoms with E-state index in [0.717, 1.165) is 24.5 Å². The second kappa shape index (κ2) is 7.86. The predicted molar refractivity (Wildman–Crippen MR) is 103 cm³/mol. The van der Waals surface area contributed by atoms with E-state index in [2.05, 4.69) is 22.3 Å². The first-order chi connectivity index (χ1) is 13.2. The van der Waals surface area contributed by atoms with E-state index < -0.39 is 0 Å². The standard InChI is InChI=1S/C21H25N3O3/c25-20-13-16(14-24(20)15-19-5-4-12-27-19)21(26)22-17-6-8-18(9-7-17)23-10-2-1-3-11-23/h4-9,12,16H,1-3,10-11,13-15H2,(H,22,26)/t16-/m0/s1. The summed E-state index contributed by atoms with van der Waals surface area (Å²) >= 11 is 0. The SMILES string of the molecule is O=C(Nc1ccc(N2CCCCC2)cc1)[C@H]1CC(=O)N(Cc2ccco2)C1. The van der Waals surface area contributed by atoms with Crippen molar-refractivity contribution in [3.63, 3.8) is 0 Å². The van der Waals surface area contributed by atoms with Crippen LogP contribution in [-0.4, -0.2) is 36.3 Å². The highest BCUT2D eigenvalue weighted by Crippen LogP contribution is 2.24. The first kappa shape index (κ1) is 17.6. The van der Waals surface area contributed by atoms with Crippen molar-refractivity contribution in [2.24, 2.45) is 5.92 Å². The Balaban J connectivity index is 1.33. The summed E-state index contributed by atoms with van der Waals surface area (Å²) in [5.74, 6) is 0.301. The van der Waals surface area contributed by atoms with E-state index in [1.165, 1.54) is 24.9 Å². The lowest BCUT2D eigenvalue weighted by Crippen LogP contribution is -2.29. The summed E-state index contributed by atoms with van der Waals surface area (Å²) in [6, 6.07) is 11.6. The Morgan fingerprint density at radius 3 is 2.59 bits per heavy atom. The lowest BCUT2D eigenvalue weighted by molar-refractivity contribution is -0.128. The van der Waals surface area contributed by atoms with E-state index in [9.17, 15) is 9.59 Å². The molecule has 0 radical (unpaired) electrons. The van der Waals surface area contributed by atoms with Gasteiger partial charge in [-0.1, -0.05) is 0 Å². The molecule has 1 N–H and O–H groups in total. The Kier molecular flexibility index (Phi) is 5.14. The third-order valence-corrected chi connectivity index (χ3v) is 5.37. The van der Waals surface area contributed by atoms with Gasteiger partial charge in [0.15, 0.2) is 0 Å². The Labute approximate surface area is 159 Å². The van der Waals surface area contributed by atoms with Crippen LogP contribution < -0.4 is 10.2 Å². The molecule has 0 spiro atoms. The van der Waals surface area contributed by atoms with Gasteiger partial charge in [-0.25, -0.2) is 0 Å². The van der Waals surface area contributed by atoms with Gasteiger partial charge in [0.1, 0.15) is 5.76 Å². The van der Waals surface area contributed by atoms with Crippen molar-refractivity contribution in [1.29, 1.82) is 0 Å². The highest BCUT2D eigenvalue weighted by atomic mass is 16.3. The number of anilines is 2. The highest BCUT2D eigenvalue weighted by Gasteiger charge is 2.34. The van der Waals surface area contributed by atoms with Gasteiger partial charge in [-0.3, -0.25) is 9.59 Å². The van der Waals surface area contributed by atoms with Gasteiger partial charge in [-0.2, -0.15) is 0 Å². The number of hydrogen-bond donors (Lipinski definition) is 1. The number of piperidine rings is 1. The van der Waals surface area contributed by atoms with Crippen molar-refractivity contribution >= 4 is 23.2 Å². The normalized spacial score (nSPS) is 20.1. The zero-order valence-corrected chi connectivity index (χ0v) is 15.4. The Morgan fingerprint density at radius 1 is 1.11 bits per heavy atom. The molecule has 6 heteroatoms. The zero-order valence-electron chi connectivity index (χ0n) is 15.4. The minimum atomic E-state index is -0.325. The molecule has 2 aliphatic heterocycles. The summed E-state index contributed by atoms with van der Waals surface area (Å²) < 4.78 is 5.30. The smallest absolute Gasteiger partial charge is 0.229 e. The maximum absolute atomic E-state index is 12.6. The van der Waals surface area contributed by atoms with E-state index in [0.29, 0.717) is 13.1 Å². The van der Waals surface area contributed by atoms with Crippen molar-refractivity contribution in [3.8, 4) is 0 Å².